The van der Waals surface area contributed by atoms with E-state index in [9.17, 15) is 0 Å². The molecule has 0 amide bonds. The first-order chi connectivity index (χ1) is 5.88. The van der Waals surface area contributed by atoms with Gasteiger partial charge in [-0.3, -0.25) is 4.98 Å². The Balaban J connectivity index is 2.75. The molecule has 0 aliphatic rings. The van der Waals surface area contributed by atoms with Gasteiger partial charge in [0, 0.05) is 6.20 Å². The third kappa shape index (κ3) is 2.10. The van der Waals surface area contributed by atoms with E-state index in [1.165, 1.54) is 0 Å². The average molecular weight is 158 g/mol. The smallest absolute Gasteiger partial charge is 0.0635 e. The van der Waals surface area contributed by atoms with Crippen molar-refractivity contribution in [1.82, 2.24) is 4.98 Å². The van der Waals surface area contributed by atoms with E-state index >= 15 is 0 Å². The van der Waals surface area contributed by atoms with Crippen LogP contribution in [0.2, 0.25) is 0 Å². The van der Waals surface area contributed by atoms with Crippen molar-refractivity contribution in [3.8, 4) is 5.92 Å². The van der Waals surface area contributed by atoms with Crippen LogP contribution in [0.5, 0.6) is 0 Å². The summed E-state index contributed by atoms with van der Waals surface area (Å²) >= 11 is 0. The number of pyridine rings is 1. The summed E-state index contributed by atoms with van der Waals surface area (Å²) in [4.78, 5) is 4.19. The fourth-order valence-electron chi connectivity index (χ4n) is 1.16. The molecule has 1 rings (SSSR count). The van der Waals surface area contributed by atoms with Crippen LogP contribution in [0.15, 0.2) is 24.4 Å². The van der Waals surface area contributed by atoms with E-state index in [1.54, 1.807) is 6.20 Å². The second-order valence-electron chi connectivity index (χ2n) is 2.74. The van der Waals surface area contributed by atoms with Crippen LogP contribution >= 0.6 is 0 Å². The van der Waals surface area contributed by atoms with Crippen molar-refractivity contribution >= 4 is 0 Å². The highest BCUT2D eigenvalue weighted by molar-refractivity contribution is 5.17. The molecule has 1 heteroatoms. The molecule has 0 saturated heterocycles. The van der Waals surface area contributed by atoms with Gasteiger partial charge in [0.15, 0.2) is 0 Å². The van der Waals surface area contributed by atoms with Gasteiger partial charge in [-0.25, -0.2) is 0 Å². The van der Waals surface area contributed by atoms with Crippen molar-refractivity contribution in [2.75, 3.05) is 0 Å². The fraction of sp³-hybridized carbons (Fsp3) is 0.364. The van der Waals surface area contributed by atoms with E-state index in [-0.39, 0.29) is 5.92 Å². The van der Waals surface area contributed by atoms with Crippen molar-refractivity contribution in [3.63, 3.8) is 0 Å². The topological polar surface area (TPSA) is 12.9 Å². The van der Waals surface area contributed by atoms with E-state index in [4.69, 9.17) is 6.42 Å². The van der Waals surface area contributed by atoms with Gasteiger partial charge in [-0.05, 0) is 25.0 Å². The van der Waals surface area contributed by atoms with Crippen molar-refractivity contribution in [1.29, 1.82) is 0 Å². The van der Waals surface area contributed by atoms with Crippen LogP contribution in [0, 0.1) is 12.3 Å². The summed E-state index contributed by atoms with van der Waals surface area (Å²) in [5, 5.41) is 0. The Hall–Kier alpha value is -1.29. The van der Waals surface area contributed by atoms with Gasteiger partial charge >= 0.3 is 0 Å². The lowest BCUT2D eigenvalue weighted by atomic mass is 10.0. The molecular weight excluding hydrogens is 146 g/mol. The normalized spacial score (nSPS) is 12.0. The lowest BCUT2D eigenvalue weighted by Crippen LogP contribution is -1.97. The van der Waals surface area contributed by atoms with Gasteiger partial charge in [0.1, 0.15) is 0 Å². The molecule has 1 aromatic heterocycles. The van der Waals surface area contributed by atoms with Crippen LogP contribution in [-0.2, 0) is 0 Å². The number of hydrogen-bond donors (Lipinski definition) is 0. The molecule has 0 spiro atoms. The summed E-state index contributed by atoms with van der Waals surface area (Å²) in [5.41, 5.74) is 0.953. The van der Waals surface area contributed by atoms with Crippen molar-refractivity contribution in [3.05, 3.63) is 36.5 Å². The second-order valence-corrected chi connectivity index (χ2v) is 2.74. The number of rotatable bonds is 3. The van der Waals surface area contributed by atoms with Crippen LogP contribution in [-0.4, -0.2) is 4.98 Å². The zero-order chi connectivity index (χ0) is 8.81. The standard InChI is InChI=1S/C11H12N/c1-3-7-10(4-2)11-8-5-6-9-12-11/h5-6,8-10H,3,7H2,1H3. The highest BCUT2D eigenvalue weighted by Crippen LogP contribution is 2.17. The molecular formula is C11H12N. The summed E-state index contributed by atoms with van der Waals surface area (Å²) in [6.45, 7) is 2.10. The lowest BCUT2D eigenvalue weighted by molar-refractivity contribution is 0.715. The summed E-state index contributed by atoms with van der Waals surface area (Å²) in [5.74, 6) is 2.59. The van der Waals surface area contributed by atoms with Crippen LogP contribution in [0.4, 0.5) is 0 Å². The average Bonchev–Trinajstić information content (AvgIpc) is 2.15. The van der Waals surface area contributed by atoms with Gasteiger partial charge in [-0.1, -0.05) is 25.3 Å². The van der Waals surface area contributed by atoms with Crippen molar-refractivity contribution < 1.29 is 0 Å². The first kappa shape index (κ1) is 8.80. The summed E-state index contributed by atoms with van der Waals surface area (Å²) < 4.78 is 0. The third-order valence-electron chi connectivity index (χ3n) is 1.80. The first-order valence-corrected chi connectivity index (χ1v) is 4.21. The number of hydrogen-bond acceptors (Lipinski definition) is 1. The molecule has 0 saturated carbocycles. The molecule has 0 fully saturated rings. The highest BCUT2D eigenvalue weighted by atomic mass is 14.7. The lowest BCUT2D eigenvalue weighted by Gasteiger charge is -2.06. The molecule has 0 bridgehead atoms. The minimum atomic E-state index is 0.0798. The molecule has 0 aliphatic carbocycles. The first-order valence-electron chi connectivity index (χ1n) is 4.21. The molecule has 1 nitrogen and oxygen atoms in total. The highest BCUT2D eigenvalue weighted by Gasteiger charge is 2.06. The van der Waals surface area contributed by atoms with Gasteiger partial charge in [0.05, 0.1) is 11.6 Å². The van der Waals surface area contributed by atoms with Crippen molar-refractivity contribution in [2.45, 2.75) is 25.7 Å². The molecule has 1 heterocycles. The number of nitrogens with zero attached hydrogens (tertiary/aromatic N) is 1. The molecule has 61 valence electrons. The molecule has 1 radical (unpaired) electrons. The Morgan fingerprint density at radius 3 is 2.92 bits per heavy atom. The van der Waals surface area contributed by atoms with Gasteiger partial charge in [0.25, 0.3) is 0 Å². The van der Waals surface area contributed by atoms with Crippen molar-refractivity contribution in [2.24, 2.45) is 0 Å². The van der Waals surface area contributed by atoms with Gasteiger partial charge in [-0.2, -0.15) is 0 Å². The Bertz CT molecular complexity index is 258. The minimum Gasteiger partial charge on any atom is -0.260 e. The van der Waals surface area contributed by atoms with Gasteiger partial charge in [-0.15, -0.1) is 0 Å². The van der Waals surface area contributed by atoms with Gasteiger partial charge in [0.2, 0.25) is 0 Å². The number of aromatic nitrogens is 1. The van der Waals surface area contributed by atoms with Crippen LogP contribution in [0.25, 0.3) is 0 Å². The van der Waals surface area contributed by atoms with E-state index in [1.807, 2.05) is 18.2 Å². The van der Waals surface area contributed by atoms with Crippen LogP contribution in [0.3, 0.4) is 0 Å². The maximum atomic E-state index is 7.11. The molecule has 0 aliphatic heterocycles. The zero-order valence-electron chi connectivity index (χ0n) is 7.25. The summed E-state index contributed by atoms with van der Waals surface area (Å²) in [6, 6.07) is 5.78. The minimum absolute atomic E-state index is 0.0798. The Kier molecular flexibility index (Phi) is 3.35. The molecule has 0 aromatic carbocycles. The fourth-order valence-corrected chi connectivity index (χ4v) is 1.16. The van der Waals surface area contributed by atoms with Crippen LogP contribution < -0.4 is 0 Å². The Morgan fingerprint density at radius 1 is 1.58 bits per heavy atom. The van der Waals surface area contributed by atoms with E-state index in [0.717, 1.165) is 18.5 Å². The summed E-state index contributed by atoms with van der Waals surface area (Å²) in [7, 11) is 0. The SMILES string of the molecule is [C]#CC(CCC)c1ccccn1. The van der Waals surface area contributed by atoms with E-state index in [2.05, 4.69) is 17.8 Å². The monoisotopic (exact) mass is 158 g/mol. The predicted molar refractivity (Wildman–Crippen MR) is 49.0 cm³/mol. The maximum absolute atomic E-state index is 7.11. The van der Waals surface area contributed by atoms with E-state index in [0.29, 0.717) is 0 Å². The molecule has 1 unspecified atom stereocenters. The van der Waals surface area contributed by atoms with Gasteiger partial charge < -0.3 is 0 Å². The predicted octanol–water partition coefficient (Wildman–Crippen LogP) is 2.56. The third-order valence-corrected chi connectivity index (χ3v) is 1.80. The Morgan fingerprint density at radius 2 is 2.42 bits per heavy atom. The quantitative estimate of drug-likeness (QED) is 0.616. The van der Waals surface area contributed by atoms with E-state index < -0.39 is 0 Å². The Labute approximate surface area is 73.8 Å². The molecule has 1 atom stereocenters. The second kappa shape index (κ2) is 4.56. The summed E-state index contributed by atoms with van der Waals surface area (Å²) in [6.07, 6.45) is 10.9. The zero-order valence-corrected chi connectivity index (χ0v) is 7.25. The van der Waals surface area contributed by atoms with Crippen LogP contribution in [0.1, 0.15) is 31.4 Å². The molecule has 1 aromatic rings. The maximum Gasteiger partial charge on any atom is 0.0635 e. The molecule has 12 heavy (non-hydrogen) atoms. The largest absolute Gasteiger partial charge is 0.260 e. The molecule has 0 N–H and O–H groups in total.